The molecule has 7 heteroatoms. The third kappa shape index (κ3) is 4.40. The first-order valence-electron chi connectivity index (χ1n) is 16.1. The van der Waals surface area contributed by atoms with Gasteiger partial charge in [0.15, 0.2) is 0 Å². The van der Waals surface area contributed by atoms with Crippen LogP contribution < -0.4 is 0 Å². The normalized spacial score (nSPS) is 11.7. The van der Waals surface area contributed by atoms with Crippen molar-refractivity contribution in [2.45, 2.75) is 0 Å². The van der Waals surface area contributed by atoms with Gasteiger partial charge in [0.25, 0.3) is 0 Å². The molecule has 0 unspecified atom stereocenters. The number of pyridine rings is 2. The summed E-state index contributed by atoms with van der Waals surface area (Å²) >= 11 is 1.62. The molecule has 230 valence electrons. The molecule has 5 heterocycles. The van der Waals surface area contributed by atoms with Crippen LogP contribution in [0.15, 0.2) is 158 Å². The molecule has 0 aliphatic carbocycles. The second kappa shape index (κ2) is 11.1. The molecule has 49 heavy (non-hydrogen) atoms. The van der Waals surface area contributed by atoms with Crippen LogP contribution in [0.4, 0.5) is 0 Å². The molecule has 0 saturated heterocycles. The van der Waals surface area contributed by atoms with Crippen molar-refractivity contribution in [3.05, 3.63) is 158 Å². The molecule has 0 spiro atoms. The Bertz CT molecular complexity index is 2830. The van der Waals surface area contributed by atoms with E-state index in [9.17, 15) is 0 Å². The van der Waals surface area contributed by atoms with E-state index >= 15 is 0 Å². The molecule has 5 aromatic heterocycles. The molecular formula is C42H26N6S. The fraction of sp³-hybridized carbons (Fsp3) is 0. The lowest BCUT2D eigenvalue weighted by molar-refractivity contribution is 1.08. The minimum absolute atomic E-state index is 0.850. The number of benzene rings is 5. The highest BCUT2D eigenvalue weighted by Gasteiger charge is 2.20. The van der Waals surface area contributed by atoms with Gasteiger partial charge in [0.1, 0.15) is 15.8 Å². The van der Waals surface area contributed by atoms with Crippen LogP contribution in [-0.4, -0.2) is 29.3 Å². The maximum Gasteiger partial charge on any atom is 0.150 e. The van der Waals surface area contributed by atoms with E-state index < -0.39 is 0 Å². The van der Waals surface area contributed by atoms with Crippen molar-refractivity contribution in [3.63, 3.8) is 0 Å². The van der Waals surface area contributed by atoms with Crippen LogP contribution in [0.2, 0.25) is 0 Å². The van der Waals surface area contributed by atoms with E-state index in [-0.39, 0.29) is 0 Å². The number of rotatable bonds is 5. The number of fused-ring (bicyclic) bond motifs is 6. The average Bonchev–Trinajstić information content (AvgIpc) is 3.89. The Balaban J connectivity index is 1.14. The summed E-state index contributed by atoms with van der Waals surface area (Å²) in [6.07, 6.45) is 3.63. The Kier molecular flexibility index (Phi) is 6.25. The minimum Gasteiger partial charge on any atom is -0.309 e. The summed E-state index contributed by atoms with van der Waals surface area (Å²) in [5.74, 6) is 0.850. The minimum atomic E-state index is 0.850. The molecule has 5 aromatic carbocycles. The SMILES string of the molecule is c1ccc(-n2c3ccccc3c3cccc(-c4nnc(-c5ccc6c7ccccc7n(-c7cccc(-c8cccnc8)n7)c6c5)s4)c32)cc1. The predicted octanol–water partition coefficient (Wildman–Crippen LogP) is 10.5. The number of hydrogen-bond donors (Lipinski definition) is 0. The van der Waals surface area contributed by atoms with Crippen LogP contribution in [0.1, 0.15) is 0 Å². The zero-order chi connectivity index (χ0) is 32.3. The molecule has 0 bridgehead atoms. The van der Waals surface area contributed by atoms with Gasteiger partial charge in [-0.15, -0.1) is 10.2 Å². The van der Waals surface area contributed by atoms with Crippen LogP contribution >= 0.6 is 11.3 Å². The first-order valence-corrected chi connectivity index (χ1v) is 17.0. The summed E-state index contributed by atoms with van der Waals surface area (Å²) in [7, 11) is 0. The van der Waals surface area contributed by atoms with Gasteiger partial charge in [0, 0.05) is 56.3 Å². The quantitative estimate of drug-likeness (QED) is 0.187. The first-order chi connectivity index (χ1) is 24.3. The largest absolute Gasteiger partial charge is 0.309 e. The summed E-state index contributed by atoms with van der Waals surface area (Å²) in [4.78, 5) is 9.42. The van der Waals surface area contributed by atoms with Crippen molar-refractivity contribution >= 4 is 54.9 Å². The molecule has 0 radical (unpaired) electrons. The van der Waals surface area contributed by atoms with E-state index in [1.165, 1.54) is 21.7 Å². The van der Waals surface area contributed by atoms with Crippen LogP contribution in [0.5, 0.6) is 0 Å². The van der Waals surface area contributed by atoms with E-state index in [2.05, 4.69) is 142 Å². The van der Waals surface area contributed by atoms with Gasteiger partial charge in [-0.1, -0.05) is 96.3 Å². The van der Waals surface area contributed by atoms with Gasteiger partial charge in [-0.05, 0) is 60.7 Å². The fourth-order valence-electron chi connectivity index (χ4n) is 7.06. The Morgan fingerprint density at radius 3 is 2.04 bits per heavy atom. The molecule has 0 saturated carbocycles. The fourth-order valence-corrected chi connectivity index (χ4v) is 7.92. The topological polar surface area (TPSA) is 61.4 Å². The number of para-hydroxylation sites is 4. The van der Waals surface area contributed by atoms with Gasteiger partial charge < -0.3 is 4.57 Å². The van der Waals surface area contributed by atoms with Gasteiger partial charge in [0.05, 0.1) is 27.8 Å². The molecule has 0 N–H and O–H groups in total. The zero-order valence-corrected chi connectivity index (χ0v) is 26.9. The monoisotopic (exact) mass is 646 g/mol. The van der Waals surface area contributed by atoms with Crippen molar-refractivity contribution in [2.24, 2.45) is 0 Å². The predicted molar refractivity (Wildman–Crippen MR) is 200 cm³/mol. The van der Waals surface area contributed by atoms with Crippen molar-refractivity contribution < 1.29 is 0 Å². The summed E-state index contributed by atoms with van der Waals surface area (Å²) in [6.45, 7) is 0. The molecule has 0 atom stereocenters. The summed E-state index contributed by atoms with van der Waals surface area (Å²) in [5, 5.41) is 16.1. The van der Waals surface area contributed by atoms with E-state index in [4.69, 9.17) is 15.2 Å². The zero-order valence-electron chi connectivity index (χ0n) is 26.1. The first kappa shape index (κ1) is 27.7. The van der Waals surface area contributed by atoms with E-state index in [0.717, 1.165) is 65.8 Å². The smallest absolute Gasteiger partial charge is 0.150 e. The molecule has 0 aliphatic rings. The standard InChI is InChI=1S/C42H26N6S/c1-2-12-29(13-3-1)47-36-19-6-5-15-31(36)33-16-8-17-34(40(33)47)42-46-45-41(49-42)27-22-23-32-30-14-4-7-20-37(30)48(38(32)25-27)39-21-9-18-35(44-39)28-11-10-24-43-26-28/h1-26H. The highest BCUT2D eigenvalue weighted by molar-refractivity contribution is 7.18. The highest BCUT2D eigenvalue weighted by atomic mass is 32.1. The van der Waals surface area contributed by atoms with Crippen LogP contribution in [0.3, 0.4) is 0 Å². The molecule has 0 amide bonds. The van der Waals surface area contributed by atoms with E-state index in [1.54, 1.807) is 17.5 Å². The van der Waals surface area contributed by atoms with E-state index in [1.807, 2.05) is 24.4 Å². The van der Waals surface area contributed by atoms with Crippen molar-refractivity contribution in [2.75, 3.05) is 0 Å². The molecular weight excluding hydrogens is 621 g/mol. The lowest BCUT2D eigenvalue weighted by Crippen LogP contribution is -1.98. The van der Waals surface area contributed by atoms with Crippen LogP contribution in [0, 0.1) is 0 Å². The average molecular weight is 647 g/mol. The summed E-state index contributed by atoms with van der Waals surface area (Å²) < 4.78 is 4.59. The van der Waals surface area contributed by atoms with Crippen molar-refractivity contribution in [1.82, 2.24) is 29.3 Å². The van der Waals surface area contributed by atoms with Gasteiger partial charge in [-0.3, -0.25) is 9.55 Å². The molecule has 6 nitrogen and oxygen atoms in total. The lowest BCUT2D eigenvalue weighted by atomic mass is 10.1. The maximum atomic E-state index is 5.11. The van der Waals surface area contributed by atoms with Gasteiger partial charge in [-0.2, -0.15) is 0 Å². The third-order valence-corrected chi connectivity index (χ3v) is 10.2. The number of aromatic nitrogens is 6. The van der Waals surface area contributed by atoms with Gasteiger partial charge in [-0.25, -0.2) is 4.98 Å². The van der Waals surface area contributed by atoms with Crippen molar-refractivity contribution in [3.8, 4) is 43.9 Å². The van der Waals surface area contributed by atoms with Gasteiger partial charge in [0.2, 0.25) is 0 Å². The maximum absolute atomic E-state index is 5.11. The van der Waals surface area contributed by atoms with Crippen molar-refractivity contribution in [1.29, 1.82) is 0 Å². The number of nitrogens with zero attached hydrogens (tertiary/aromatic N) is 6. The highest BCUT2D eigenvalue weighted by Crippen LogP contribution is 2.41. The van der Waals surface area contributed by atoms with Gasteiger partial charge >= 0.3 is 0 Å². The molecule has 10 rings (SSSR count). The molecule has 10 aromatic rings. The van der Waals surface area contributed by atoms with Crippen LogP contribution in [0.25, 0.3) is 87.5 Å². The summed E-state index contributed by atoms with van der Waals surface area (Å²) in [5.41, 5.74) is 9.52. The third-order valence-electron chi connectivity index (χ3n) is 9.21. The summed E-state index contributed by atoms with van der Waals surface area (Å²) in [6, 6.07) is 50.8. The van der Waals surface area contributed by atoms with Crippen LogP contribution in [-0.2, 0) is 0 Å². The molecule has 0 fully saturated rings. The Morgan fingerprint density at radius 2 is 1.20 bits per heavy atom. The van der Waals surface area contributed by atoms with E-state index in [0.29, 0.717) is 0 Å². The Labute approximate surface area is 285 Å². The Hall–Kier alpha value is -6.44. The lowest BCUT2D eigenvalue weighted by Gasteiger charge is -2.10. The molecule has 0 aliphatic heterocycles. The second-order valence-electron chi connectivity index (χ2n) is 12.0. The Morgan fingerprint density at radius 1 is 0.490 bits per heavy atom. The second-order valence-corrected chi connectivity index (χ2v) is 13.0. The number of hydrogen-bond acceptors (Lipinski definition) is 5.